The maximum absolute atomic E-state index is 12.8. The first-order valence-corrected chi connectivity index (χ1v) is 6.78. The highest BCUT2D eigenvalue weighted by Gasteiger charge is 2.37. The molecule has 1 saturated heterocycles. The SMILES string of the molecule is CCOCCN1C(=O)C[C@H](Cc2ccc(F)cc2)C1=O. The van der Waals surface area contributed by atoms with Crippen LogP contribution >= 0.6 is 0 Å². The number of carbonyl (C=O) groups excluding carboxylic acids is 2. The van der Waals surface area contributed by atoms with Gasteiger partial charge in [-0.2, -0.15) is 0 Å². The second-order valence-electron chi connectivity index (χ2n) is 4.81. The van der Waals surface area contributed by atoms with Crippen LogP contribution in [0.5, 0.6) is 0 Å². The van der Waals surface area contributed by atoms with Crippen LogP contribution in [-0.2, 0) is 20.7 Å². The Morgan fingerprint density at radius 2 is 2.00 bits per heavy atom. The molecular formula is C15H18FNO3. The number of ether oxygens (including phenoxy) is 1. The predicted molar refractivity (Wildman–Crippen MR) is 71.4 cm³/mol. The van der Waals surface area contributed by atoms with Crippen LogP contribution in [0.15, 0.2) is 24.3 Å². The van der Waals surface area contributed by atoms with Gasteiger partial charge in [0, 0.05) is 13.0 Å². The molecule has 20 heavy (non-hydrogen) atoms. The fourth-order valence-corrected chi connectivity index (χ4v) is 2.35. The van der Waals surface area contributed by atoms with E-state index < -0.39 is 0 Å². The van der Waals surface area contributed by atoms with Gasteiger partial charge in [-0.25, -0.2) is 4.39 Å². The second-order valence-corrected chi connectivity index (χ2v) is 4.81. The Kier molecular flexibility index (Phi) is 4.84. The summed E-state index contributed by atoms with van der Waals surface area (Å²) in [4.78, 5) is 25.2. The molecule has 4 nitrogen and oxygen atoms in total. The van der Waals surface area contributed by atoms with Crippen molar-refractivity contribution in [3.05, 3.63) is 35.6 Å². The average molecular weight is 279 g/mol. The molecule has 1 aliphatic rings. The fourth-order valence-electron chi connectivity index (χ4n) is 2.35. The van der Waals surface area contributed by atoms with Crippen LogP contribution in [0.1, 0.15) is 18.9 Å². The number of hydrogen-bond acceptors (Lipinski definition) is 3. The van der Waals surface area contributed by atoms with E-state index >= 15 is 0 Å². The van der Waals surface area contributed by atoms with Crippen LogP contribution in [0, 0.1) is 11.7 Å². The van der Waals surface area contributed by atoms with Gasteiger partial charge >= 0.3 is 0 Å². The smallest absolute Gasteiger partial charge is 0.233 e. The van der Waals surface area contributed by atoms with Gasteiger partial charge in [0.2, 0.25) is 11.8 Å². The number of hydrogen-bond donors (Lipinski definition) is 0. The lowest BCUT2D eigenvalue weighted by Crippen LogP contribution is -2.34. The van der Waals surface area contributed by atoms with Gasteiger partial charge in [0.05, 0.1) is 19.1 Å². The largest absolute Gasteiger partial charge is 0.380 e. The number of imide groups is 1. The minimum atomic E-state index is -0.338. The molecule has 1 aromatic rings. The van der Waals surface area contributed by atoms with Gasteiger partial charge in [0.15, 0.2) is 0 Å². The minimum absolute atomic E-state index is 0.151. The van der Waals surface area contributed by atoms with Crippen LogP contribution in [0.2, 0.25) is 0 Å². The Labute approximate surface area is 117 Å². The minimum Gasteiger partial charge on any atom is -0.380 e. The number of likely N-dealkylation sites (tertiary alicyclic amines) is 1. The molecule has 5 heteroatoms. The third-order valence-electron chi connectivity index (χ3n) is 3.40. The van der Waals surface area contributed by atoms with E-state index in [1.54, 1.807) is 12.1 Å². The molecule has 0 saturated carbocycles. The molecule has 0 aliphatic carbocycles. The van der Waals surface area contributed by atoms with E-state index in [9.17, 15) is 14.0 Å². The molecule has 1 aromatic carbocycles. The van der Waals surface area contributed by atoms with Gasteiger partial charge in [-0.05, 0) is 31.0 Å². The third-order valence-corrected chi connectivity index (χ3v) is 3.40. The van der Waals surface area contributed by atoms with Gasteiger partial charge in [0.1, 0.15) is 5.82 Å². The van der Waals surface area contributed by atoms with Crippen molar-refractivity contribution in [1.82, 2.24) is 4.90 Å². The van der Waals surface area contributed by atoms with E-state index in [1.165, 1.54) is 17.0 Å². The zero-order chi connectivity index (χ0) is 14.5. The summed E-state index contributed by atoms with van der Waals surface area (Å²) in [5, 5.41) is 0. The monoisotopic (exact) mass is 279 g/mol. The number of carbonyl (C=O) groups is 2. The average Bonchev–Trinajstić information content (AvgIpc) is 2.69. The number of halogens is 1. The number of nitrogens with zero attached hydrogens (tertiary/aromatic N) is 1. The molecule has 0 spiro atoms. The Bertz CT molecular complexity index is 486. The molecule has 1 aliphatic heterocycles. The first kappa shape index (κ1) is 14.7. The lowest BCUT2D eigenvalue weighted by Gasteiger charge is -2.14. The molecule has 1 atom stereocenters. The summed E-state index contributed by atoms with van der Waals surface area (Å²) in [7, 11) is 0. The van der Waals surface area contributed by atoms with Crippen LogP contribution in [0.4, 0.5) is 4.39 Å². The molecule has 0 unspecified atom stereocenters. The first-order valence-electron chi connectivity index (χ1n) is 6.78. The molecular weight excluding hydrogens is 261 g/mol. The van der Waals surface area contributed by atoms with Crippen molar-refractivity contribution in [2.75, 3.05) is 19.8 Å². The van der Waals surface area contributed by atoms with E-state index in [2.05, 4.69) is 0 Å². The molecule has 2 rings (SSSR count). The maximum atomic E-state index is 12.8. The summed E-state index contributed by atoms with van der Waals surface area (Å²) in [5.74, 6) is -0.948. The quantitative estimate of drug-likeness (QED) is 0.589. The summed E-state index contributed by atoms with van der Waals surface area (Å²) in [6, 6.07) is 6.03. The Balaban J connectivity index is 1.95. The molecule has 108 valence electrons. The number of rotatable bonds is 6. The van der Waals surface area contributed by atoms with Crippen molar-refractivity contribution >= 4 is 11.8 Å². The molecule has 2 amide bonds. The molecule has 1 fully saturated rings. The predicted octanol–water partition coefficient (Wildman–Crippen LogP) is 1.78. The van der Waals surface area contributed by atoms with Gasteiger partial charge in [0.25, 0.3) is 0 Å². The Morgan fingerprint density at radius 3 is 2.65 bits per heavy atom. The highest BCUT2D eigenvalue weighted by molar-refractivity contribution is 6.03. The molecule has 1 heterocycles. The van der Waals surface area contributed by atoms with Crippen molar-refractivity contribution in [1.29, 1.82) is 0 Å². The van der Waals surface area contributed by atoms with Gasteiger partial charge in [-0.15, -0.1) is 0 Å². The third kappa shape index (κ3) is 3.42. The van der Waals surface area contributed by atoms with Crippen molar-refractivity contribution in [3.8, 4) is 0 Å². The van der Waals surface area contributed by atoms with Crippen LogP contribution in [0.25, 0.3) is 0 Å². The lowest BCUT2D eigenvalue weighted by atomic mass is 9.98. The molecule has 0 bridgehead atoms. The van der Waals surface area contributed by atoms with E-state index in [-0.39, 0.29) is 30.0 Å². The summed E-state index contributed by atoms with van der Waals surface area (Å²) < 4.78 is 18.0. The first-order chi connectivity index (χ1) is 9.61. The zero-order valence-electron chi connectivity index (χ0n) is 11.5. The van der Waals surface area contributed by atoms with Crippen molar-refractivity contribution in [2.24, 2.45) is 5.92 Å². The number of benzene rings is 1. The van der Waals surface area contributed by atoms with Crippen molar-refractivity contribution in [3.63, 3.8) is 0 Å². The Hall–Kier alpha value is -1.75. The van der Waals surface area contributed by atoms with Gasteiger partial charge < -0.3 is 4.74 Å². The summed E-state index contributed by atoms with van der Waals surface area (Å²) in [6.45, 7) is 3.11. The Morgan fingerprint density at radius 1 is 1.30 bits per heavy atom. The number of amides is 2. The van der Waals surface area contributed by atoms with Crippen molar-refractivity contribution < 1.29 is 18.7 Å². The standard InChI is InChI=1S/C15H18FNO3/c1-2-20-8-7-17-14(18)10-12(15(17)19)9-11-3-5-13(16)6-4-11/h3-6,12H,2,7-10H2,1H3/t12-/m0/s1. The van der Waals surface area contributed by atoms with E-state index in [4.69, 9.17) is 4.74 Å². The van der Waals surface area contributed by atoms with Crippen LogP contribution in [0.3, 0.4) is 0 Å². The van der Waals surface area contributed by atoms with E-state index in [0.29, 0.717) is 26.2 Å². The van der Waals surface area contributed by atoms with E-state index in [1.807, 2.05) is 6.92 Å². The topological polar surface area (TPSA) is 46.6 Å². The van der Waals surface area contributed by atoms with E-state index in [0.717, 1.165) is 5.56 Å². The molecule has 0 radical (unpaired) electrons. The highest BCUT2D eigenvalue weighted by Crippen LogP contribution is 2.23. The molecule has 0 aromatic heterocycles. The maximum Gasteiger partial charge on any atom is 0.233 e. The lowest BCUT2D eigenvalue weighted by molar-refractivity contribution is -0.140. The van der Waals surface area contributed by atoms with Crippen LogP contribution < -0.4 is 0 Å². The summed E-state index contributed by atoms with van der Waals surface area (Å²) in [5.41, 5.74) is 0.865. The molecule has 0 N–H and O–H groups in total. The normalized spacial score (nSPS) is 18.9. The summed E-state index contributed by atoms with van der Waals surface area (Å²) in [6.07, 6.45) is 0.693. The van der Waals surface area contributed by atoms with Crippen molar-refractivity contribution in [2.45, 2.75) is 19.8 Å². The van der Waals surface area contributed by atoms with Gasteiger partial charge in [-0.3, -0.25) is 14.5 Å². The summed E-state index contributed by atoms with van der Waals surface area (Å²) >= 11 is 0. The van der Waals surface area contributed by atoms with Crippen LogP contribution in [-0.4, -0.2) is 36.5 Å². The zero-order valence-corrected chi connectivity index (χ0v) is 11.5. The fraction of sp³-hybridized carbons (Fsp3) is 0.467. The highest BCUT2D eigenvalue weighted by atomic mass is 19.1. The van der Waals surface area contributed by atoms with Gasteiger partial charge in [-0.1, -0.05) is 12.1 Å². The second kappa shape index (κ2) is 6.61.